The van der Waals surface area contributed by atoms with Gasteiger partial charge >= 0.3 is 0 Å². The number of rotatable bonds is 3. The summed E-state index contributed by atoms with van der Waals surface area (Å²) in [7, 11) is 0. The molecule has 2 aliphatic rings. The summed E-state index contributed by atoms with van der Waals surface area (Å²) in [5.41, 5.74) is 0.425. The maximum atomic E-state index is 14.0. The molecule has 1 amide bonds. The number of aromatic nitrogens is 1. The van der Waals surface area contributed by atoms with E-state index in [1.165, 1.54) is 16.7 Å². The zero-order valence-corrected chi connectivity index (χ0v) is 16.6. The van der Waals surface area contributed by atoms with Crippen molar-refractivity contribution < 1.29 is 14.3 Å². The number of nitrogens with one attached hydrogen (secondary N) is 2. The van der Waals surface area contributed by atoms with E-state index in [-0.39, 0.29) is 29.4 Å². The zero-order valence-electron chi connectivity index (χ0n) is 15.8. The van der Waals surface area contributed by atoms with E-state index in [1.54, 1.807) is 0 Å². The van der Waals surface area contributed by atoms with Crippen molar-refractivity contribution >= 4 is 29.2 Å². The second-order valence-corrected chi connectivity index (χ2v) is 7.65. The molecule has 1 unspecified atom stereocenters. The minimum Gasteiger partial charge on any atom is -0.506 e. The van der Waals surface area contributed by atoms with E-state index in [9.17, 15) is 19.1 Å². The third-order valence-electron chi connectivity index (χ3n) is 5.83. The number of hydrogen-bond acceptors (Lipinski definition) is 4. The fourth-order valence-corrected chi connectivity index (χ4v) is 4.30. The van der Waals surface area contributed by atoms with Crippen LogP contribution in [0.2, 0.25) is 0 Å². The second-order valence-electron chi connectivity index (χ2n) is 7.65. The smallest absolute Gasteiger partial charge is 0.267 e. The average Bonchev–Trinajstić information content (AvgIpc) is 2.66. The summed E-state index contributed by atoms with van der Waals surface area (Å²) in [5, 5.41) is 17.0. The van der Waals surface area contributed by atoms with Crippen LogP contribution in [0, 0.1) is 11.7 Å². The van der Waals surface area contributed by atoms with Gasteiger partial charge in [-0.05, 0) is 69.3 Å². The van der Waals surface area contributed by atoms with Crippen LogP contribution in [0.15, 0.2) is 16.9 Å². The summed E-state index contributed by atoms with van der Waals surface area (Å²) in [4.78, 5) is 25.8. The second kappa shape index (κ2) is 8.09. The quantitative estimate of drug-likeness (QED) is 0.727. The summed E-state index contributed by atoms with van der Waals surface area (Å²) in [6.45, 7) is 4.19. The molecule has 4 rings (SSSR count). The van der Waals surface area contributed by atoms with Gasteiger partial charge in [0.15, 0.2) is 0 Å². The topological polar surface area (TPSA) is 83.4 Å². The molecule has 0 spiro atoms. The van der Waals surface area contributed by atoms with Crippen molar-refractivity contribution in [2.75, 3.05) is 19.6 Å². The molecule has 1 fully saturated rings. The van der Waals surface area contributed by atoms with Gasteiger partial charge in [0.25, 0.3) is 11.5 Å². The largest absolute Gasteiger partial charge is 0.506 e. The van der Waals surface area contributed by atoms with E-state index in [2.05, 4.69) is 10.6 Å². The minimum absolute atomic E-state index is 0. The number of carbonyl (C=O) groups excluding carboxylic acids is 1. The Kier molecular flexibility index (Phi) is 5.95. The molecular formula is C20H25ClFN3O3. The lowest BCUT2D eigenvalue weighted by Crippen LogP contribution is -2.39. The molecule has 28 heavy (non-hydrogen) atoms. The maximum absolute atomic E-state index is 14.0. The highest BCUT2D eigenvalue weighted by Crippen LogP contribution is 2.35. The molecule has 1 atom stereocenters. The normalized spacial score (nSPS) is 19.3. The first-order chi connectivity index (χ1) is 13.0. The summed E-state index contributed by atoms with van der Waals surface area (Å²) < 4.78 is 15.6. The highest BCUT2D eigenvalue weighted by atomic mass is 35.5. The molecule has 0 radical (unpaired) electrons. The van der Waals surface area contributed by atoms with Gasteiger partial charge in [-0.3, -0.25) is 9.59 Å². The molecule has 8 heteroatoms. The average molecular weight is 410 g/mol. The Balaban J connectivity index is 0.00000225. The lowest BCUT2D eigenvalue weighted by molar-refractivity contribution is 0.0939. The number of hydrogen-bond donors (Lipinski definition) is 3. The highest BCUT2D eigenvalue weighted by molar-refractivity contribution is 6.03. The Morgan fingerprint density at radius 1 is 1.32 bits per heavy atom. The number of nitrogens with zero attached hydrogens (tertiary/aromatic N) is 1. The van der Waals surface area contributed by atoms with Crippen LogP contribution in [0.4, 0.5) is 4.39 Å². The van der Waals surface area contributed by atoms with E-state index in [1.807, 2.05) is 6.92 Å². The zero-order chi connectivity index (χ0) is 19.1. The van der Waals surface area contributed by atoms with Crippen molar-refractivity contribution in [1.82, 2.24) is 15.2 Å². The number of pyridine rings is 1. The summed E-state index contributed by atoms with van der Waals surface area (Å²) in [6, 6.07) is 2.49. The molecule has 3 N–H and O–H groups in total. The van der Waals surface area contributed by atoms with Gasteiger partial charge in [0.2, 0.25) is 0 Å². The van der Waals surface area contributed by atoms with Crippen molar-refractivity contribution in [1.29, 1.82) is 0 Å². The number of aryl methyl sites for hydroxylation is 1. The fraction of sp³-hybridized carbons (Fsp3) is 0.500. The molecule has 1 aromatic heterocycles. The Hall–Kier alpha value is -2.12. The Morgan fingerprint density at radius 3 is 2.75 bits per heavy atom. The number of halogens is 2. The van der Waals surface area contributed by atoms with Crippen molar-refractivity contribution in [3.63, 3.8) is 0 Å². The van der Waals surface area contributed by atoms with Gasteiger partial charge in [-0.15, -0.1) is 12.4 Å². The molecule has 1 saturated heterocycles. The number of aromatic hydroxyl groups is 1. The van der Waals surface area contributed by atoms with Gasteiger partial charge in [0.1, 0.15) is 17.1 Å². The van der Waals surface area contributed by atoms with E-state index < -0.39 is 23.0 Å². The summed E-state index contributed by atoms with van der Waals surface area (Å²) >= 11 is 0. The lowest BCUT2D eigenvalue weighted by Gasteiger charge is -2.27. The number of carbonyl (C=O) groups is 1. The number of benzene rings is 1. The molecule has 2 aliphatic heterocycles. The maximum Gasteiger partial charge on any atom is 0.267 e. The minimum atomic E-state index is -0.592. The highest BCUT2D eigenvalue weighted by Gasteiger charge is 2.28. The van der Waals surface area contributed by atoms with Crippen LogP contribution < -0.4 is 16.2 Å². The first kappa shape index (κ1) is 20.6. The van der Waals surface area contributed by atoms with Gasteiger partial charge in [0, 0.05) is 18.0 Å². The van der Waals surface area contributed by atoms with Gasteiger partial charge < -0.3 is 20.3 Å². The molecule has 152 valence electrons. The molecule has 3 heterocycles. The Bertz CT molecular complexity index is 970. The molecule has 1 aromatic carbocycles. The Morgan fingerprint density at radius 2 is 2.04 bits per heavy atom. The first-order valence-electron chi connectivity index (χ1n) is 9.56. The molecule has 0 aliphatic carbocycles. The number of amides is 1. The summed E-state index contributed by atoms with van der Waals surface area (Å²) in [6.07, 6.45) is 3.24. The molecule has 0 bridgehead atoms. The fourth-order valence-electron chi connectivity index (χ4n) is 4.30. The molecule has 2 aromatic rings. The van der Waals surface area contributed by atoms with Crippen LogP contribution in [0.25, 0.3) is 10.9 Å². The van der Waals surface area contributed by atoms with E-state index in [0.29, 0.717) is 36.4 Å². The molecule has 0 saturated carbocycles. The van der Waals surface area contributed by atoms with Gasteiger partial charge in [-0.25, -0.2) is 4.39 Å². The third kappa shape index (κ3) is 3.49. The van der Waals surface area contributed by atoms with E-state index in [0.717, 1.165) is 25.9 Å². The van der Waals surface area contributed by atoms with Crippen LogP contribution in [-0.2, 0) is 6.42 Å². The van der Waals surface area contributed by atoms with Crippen LogP contribution in [0.1, 0.15) is 48.1 Å². The van der Waals surface area contributed by atoms with Crippen LogP contribution in [-0.4, -0.2) is 35.2 Å². The van der Waals surface area contributed by atoms with Crippen molar-refractivity contribution in [2.24, 2.45) is 5.92 Å². The van der Waals surface area contributed by atoms with E-state index in [4.69, 9.17) is 0 Å². The third-order valence-corrected chi connectivity index (χ3v) is 5.83. The van der Waals surface area contributed by atoms with Crippen LogP contribution in [0.3, 0.4) is 0 Å². The monoisotopic (exact) mass is 409 g/mol. The van der Waals surface area contributed by atoms with Gasteiger partial charge in [-0.2, -0.15) is 0 Å². The van der Waals surface area contributed by atoms with E-state index >= 15 is 0 Å². The van der Waals surface area contributed by atoms with Gasteiger partial charge in [0.05, 0.1) is 5.52 Å². The van der Waals surface area contributed by atoms with Crippen molar-refractivity contribution in [3.8, 4) is 5.75 Å². The SMILES string of the molecule is CC1CCc2cc(F)cc3c(O)c(C(=O)NCC4CCNCC4)c(=O)n1c23.Cl. The number of piperidine rings is 1. The van der Waals surface area contributed by atoms with Crippen molar-refractivity contribution in [2.45, 2.75) is 38.6 Å². The first-order valence-corrected chi connectivity index (χ1v) is 9.56. The lowest BCUT2D eigenvalue weighted by atomic mass is 9.95. The van der Waals surface area contributed by atoms with Crippen LogP contribution in [0.5, 0.6) is 5.75 Å². The molecular weight excluding hydrogens is 385 g/mol. The molecule has 6 nitrogen and oxygen atoms in total. The Labute approximate surface area is 168 Å². The van der Waals surface area contributed by atoms with Crippen LogP contribution >= 0.6 is 12.4 Å². The predicted molar refractivity (Wildman–Crippen MR) is 108 cm³/mol. The van der Waals surface area contributed by atoms with Crippen molar-refractivity contribution in [3.05, 3.63) is 39.4 Å². The standard InChI is InChI=1S/C20H24FN3O3.ClH/c1-11-2-3-13-8-14(21)9-15-17(13)24(11)20(27)16(18(15)25)19(26)23-10-12-4-6-22-7-5-12;/h8-9,11-12,22,25H,2-7,10H2,1H3,(H,23,26);1H. The van der Waals surface area contributed by atoms with Gasteiger partial charge in [-0.1, -0.05) is 0 Å². The predicted octanol–water partition coefficient (Wildman–Crippen LogP) is 2.50. The summed E-state index contributed by atoms with van der Waals surface area (Å²) in [5.74, 6) is -1.15.